The van der Waals surface area contributed by atoms with E-state index in [-0.39, 0.29) is 0 Å². The molecule has 2 aromatic carbocycles. The number of likely N-dealkylation sites (N-methyl/N-ethyl adjacent to an activating group) is 1. The molecule has 20 heavy (non-hydrogen) atoms. The van der Waals surface area contributed by atoms with Gasteiger partial charge in [0.15, 0.2) is 0 Å². The number of benzene rings is 2. The van der Waals surface area contributed by atoms with E-state index < -0.39 is 0 Å². The van der Waals surface area contributed by atoms with Crippen LogP contribution in [0.3, 0.4) is 0 Å². The first-order chi connectivity index (χ1) is 9.59. The summed E-state index contributed by atoms with van der Waals surface area (Å²) >= 11 is 0. The fourth-order valence-electron chi connectivity index (χ4n) is 3.14. The molecule has 0 radical (unpaired) electrons. The first-order valence-electron chi connectivity index (χ1n) is 7.41. The van der Waals surface area contributed by atoms with Crippen LogP contribution in [0.5, 0.6) is 0 Å². The van der Waals surface area contributed by atoms with Gasteiger partial charge in [-0.15, -0.1) is 0 Å². The predicted octanol–water partition coefficient (Wildman–Crippen LogP) is 4.26. The summed E-state index contributed by atoms with van der Waals surface area (Å²) in [7, 11) is 4.34. The van der Waals surface area contributed by atoms with Gasteiger partial charge in [0.05, 0.1) is 0 Å². The average Bonchev–Trinajstić information content (AvgIpc) is 3.19. The van der Waals surface area contributed by atoms with Crippen molar-refractivity contribution < 1.29 is 0 Å². The second kappa shape index (κ2) is 5.06. The highest BCUT2D eigenvalue weighted by Crippen LogP contribution is 2.48. The Balaban J connectivity index is 1.85. The molecule has 1 aliphatic carbocycles. The molecule has 1 saturated carbocycles. The summed E-state index contributed by atoms with van der Waals surface area (Å²) in [5, 5.41) is 0. The zero-order chi connectivity index (χ0) is 14.2. The molecular weight excluding hydrogens is 242 g/mol. The van der Waals surface area contributed by atoms with Crippen LogP contribution >= 0.6 is 0 Å². The number of rotatable bonds is 4. The molecule has 0 N–H and O–H groups in total. The maximum atomic E-state index is 2.33. The van der Waals surface area contributed by atoms with Crippen molar-refractivity contribution in [3.05, 3.63) is 59.7 Å². The van der Waals surface area contributed by atoms with Crippen molar-refractivity contribution in [2.75, 3.05) is 20.6 Å². The lowest BCUT2D eigenvalue weighted by molar-refractivity contribution is 0.362. The van der Waals surface area contributed by atoms with Crippen molar-refractivity contribution in [1.82, 2.24) is 4.90 Å². The number of hydrogen-bond donors (Lipinski definition) is 0. The summed E-state index contributed by atoms with van der Waals surface area (Å²) in [6, 6.07) is 17.9. The average molecular weight is 265 g/mol. The van der Waals surface area contributed by atoms with E-state index in [1.807, 2.05) is 0 Å². The standard InChI is InChI=1S/C19H23N/c1-15-5-4-6-17(13-15)16-7-9-18(10-8-16)19(11-12-19)14-20(2)3/h4-10,13H,11-12,14H2,1-3H3. The molecule has 0 unspecified atom stereocenters. The van der Waals surface area contributed by atoms with Gasteiger partial charge in [-0.25, -0.2) is 0 Å². The van der Waals surface area contributed by atoms with Crippen LogP contribution < -0.4 is 0 Å². The Morgan fingerprint density at radius 2 is 1.65 bits per heavy atom. The van der Waals surface area contributed by atoms with E-state index in [1.165, 1.54) is 35.1 Å². The van der Waals surface area contributed by atoms with E-state index in [2.05, 4.69) is 74.4 Å². The lowest BCUT2D eigenvalue weighted by atomic mass is 9.93. The Hall–Kier alpha value is -1.60. The molecular formula is C19H23N. The van der Waals surface area contributed by atoms with Crippen LogP contribution in [0.25, 0.3) is 11.1 Å². The molecule has 1 heteroatoms. The van der Waals surface area contributed by atoms with Gasteiger partial charge in [-0.05, 0) is 50.6 Å². The smallest absolute Gasteiger partial charge is 0.00807 e. The van der Waals surface area contributed by atoms with E-state index in [9.17, 15) is 0 Å². The fourth-order valence-corrected chi connectivity index (χ4v) is 3.14. The Labute approximate surface area is 122 Å². The molecule has 0 aliphatic heterocycles. The zero-order valence-corrected chi connectivity index (χ0v) is 12.7. The molecule has 3 rings (SSSR count). The Kier molecular flexibility index (Phi) is 3.39. The normalized spacial score (nSPS) is 16.4. The summed E-state index contributed by atoms with van der Waals surface area (Å²) in [6.07, 6.45) is 2.66. The predicted molar refractivity (Wildman–Crippen MR) is 86.1 cm³/mol. The lowest BCUT2D eigenvalue weighted by Crippen LogP contribution is -2.25. The largest absolute Gasteiger partial charge is 0.309 e. The minimum atomic E-state index is 0.425. The Bertz CT molecular complexity index is 591. The lowest BCUT2D eigenvalue weighted by Gasteiger charge is -2.20. The number of aryl methyl sites for hydroxylation is 1. The first kappa shape index (κ1) is 13.4. The van der Waals surface area contributed by atoms with Crippen LogP contribution in [0.1, 0.15) is 24.0 Å². The van der Waals surface area contributed by atoms with Gasteiger partial charge in [-0.2, -0.15) is 0 Å². The maximum Gasteiger partial charge on any atom is 0.00807 e. The topological polar surface area (TPSA) is 3.24 Å². The maximum absolute atomic E-state index is 2.33. The molecule has 1 aliphatic rings. The van der Waals surface area contributed by atoms with E-state index in [0.29, 0.717) is 5.41 Å². The van der Waals surface area contributed by atoms with Crippen molar-refractivity contribution in [1.29, 1.82) is 0 Å². The van der Waals surface area contributed by atoms with Crippen LogP contribution in [0.2, 0.25) is 0 Å². The van der Waals surface area contributed by atoms with Gasteiger partial charge in [-0.1, -0.05) is 54.1 Å². The zero-order valence-electron chi connectivity index (χ0n) is 12.7. The van der Waals surface area contributed by atoms with E-state index in [1.54, 1.807) is 0 Å². The molecule has 0 saturated heterocycles. The van der Waals surface area contributed by atoms with Gasteiger partial charge in [0, 0.05) is 12.0 Å². The van der Waals surface area contributed by atoms with Crippen molar-refractivity contribution >= 4 is 0 Å². The van der Waals surface area contributed by atoms with E-state index in [4.69, 9.17) is 0 Å². The molecule has 1 nitrogen and oxygen atoms in total. The Morgan fingerprint density at radius 1 is 0.950 bits per heavy atom. The second-order valence-electron chi connectivity index (χ2n) is 6.46. The van der Waals surface area contributed by atoms with Crippen LogP contribution in [-0.2, 0) is 5.41 Å². The molecule has 0 spiro atoms. The van der Waals surface area contributed by atoms with Crippen molar-refractivity contribution in [2.24, 2.45) is 0 Å². The third-order valence-electron chi connectivity index (χ3n) is 4.32. The highest BCUT2D eigenvalue weighted by molar-refractivity contribution is 5.64. The van der Waals surface area contributed by atoms with Gasteiger partial charge < -0.3 is 4.90 Å². The Morgan fingerprint density at radius 3 is 2.20 bits per heavy atom. The molecule has 1 fully saturated rings. The van der Waals surface area contributed by atoms with Crippen LogP contribution in [0, 0.1) is 6.92 Å². The van der Waals surface area contributed by atoms with E-state index >= 15 is 0 Å². The molecule has 0 heterocycles. The monoisotopic (exact) mass is 265 g/mol. The van der Waals surface area contributed by atoms with Crippen LogP contribution in [-0.4, -0.2) is 25.5 Å². The molecule has 2 aromatic rings. The summed E-state index contributed by atoms with van der Waals surface area (Å²) in [5.74, 6) is 0. The van der Waals surface area contributed by atoms with Crippen molar-refractivity contribution in [3.8, 4) is 11.1 Å². The summed E-state index contributed by atoms with van der Waals surface area (Å²) in [6.45, 7) is 3.31. The van der Waals surface area contributed by atoms with Gasteiger partial charge in [0.1, 0.15) is 0 Å². The number of hydrogen-bond acceptors (Lipinski definition) is 1. The third-order valence-corrected chi connectivity index (χ3v) is 4.32. The van der Waals surface area contributed by atoms with E-state index in [0.717, 1.165) is 6.54 Å². The first-order valence-corrected chi connectivity index (χ1v) is 7.41. The van der Waals surface area contributed by atoms with Gasteiger partial charge in [0.2, 0.25) is 0 Å². The SMILES string of the molecule is Cc1cccc(-c2ccc(C3(CN(C)C)CC3)cc2)c1. The minimum Gasteiger partial charge on any atom is -0.309 e. The molecule has 0 aromatic heterocycles. The quantitative estimate of drug-likeness (QED) is 0.798. The third kappa shape index (κ3) is 2.64. The summed E-state index contributed by atoms with van der Waals surface area (Å²) in [5.41, 5.74) is 5.88. The van der Waals surface area contributed by atoms with Gasteiger partial charge in [0.25, 0.3) is 0 Å². The highest BCUT2D eigenvalue weighted by Gasteiger charge is 2.44. The van der Waals surface area contributed by atoms with Crippen molar-refractivity contribution in [2.45, 2.75) is 25.2 Å². The van der Waals surface area contributed by atoms with Crippen LogP contribution in [0.4, 0.5) is 0 Å². The molecule has 0 bridgehead atoms. The summed E-state index contributed by atoms with van der Waals surface area (Å²) < 4.78 is 0. The molecule has 0 amide bonds. The highest BCUT2D eigenvalue weighted by atomic mass is 15.1. The minimum absolute atomic E-state index is 0.425. The van der Waals surface area contributed by atoms with Crippen LogP contribution in [0.15, 0.2) is 48.5 Å². The number of nitrogens with zero attached hydrogens (tertiary/aromatic N) is 1. The van der Waals surface area contributed by atoms with Gasteiger partial charge >= 0.3 is 0 Å². The second-order valence-corrected chi connectivity index (χ2v) is 6.46. The van der Waals surface area contributed by atoms with Gasteiger partial charge in [-0.3, -0.25) is 0 Å². The summed E-state index contributed by atoms with van der Waals surface area (Å²) in [4.78, 5) is 2.31. The molecule has 104 valence electrons. The molecule has 0 atom stereocenters. The van der Waals surface area contributed by atoms with Crippen molar-refractivity contribution in [3.63, 3.8) is 0 Å². The fraction of sp³-hybridized carbons (Fsp3) is 0.368.